The smallest absolute Gasteiger partial charge is 0.160 e. The number of unbranched alkanes of at least 4 members (excludes halogenated alkanes) is 2. The Bertz CT molecular complexity index is 943. The van der Waals surface area contributed by atoms with Crippen molar-refractivity contribution in [1.29, 1.82) is 0 Å². The molecule has 1 atom stereocenters. The molecule has 0 bridgehead atoms. The fourth-order valence-corrected chi connectivity index (χ4v) is 6.57. The van der Waals surface area contributed by atoms with Crippen LogP contribution in [0.1, 0.15) is 52.4 Å². The van der Waals surface area contributed by atoms with Gasteiger partial charge in [-0.2, -0.15) is 0 Å². The molecule has 1 heterocycles. The van der Waals surface area contributed by atoms with Crippen LogP contribution in [-0.4, -0.2) is 27.9 Å². The topological polar surface area (TPSA) is 40.5 Å². The normalized spacial score (nSPS) is 18.0. The van der Waals surface area contributed by atoms with Gasteiger partial charge >= 0.3 is 0 Å². The Morgan fingerprint density at radius 2 is 1.77 bits per heavy atom. The van der Waals surface area contributed by atoms with E-state index in [0.717, 1.165) is 44.6 Å². The number of thioether (sulfide) groups is 1. The van der Waals surface area contributed by atoms with Crippen LogP contribution in [0.5, 0.6) is 5.75 Å². The molecule has 31 heavy (non-hydrogen) atoms. The highest BCUT2D eigenvalue weighted by atomic mass is 32.2. The molecular weight excluding hydrogens is 436 g/mol. The SMILES string of the molecule is CCCCC1(CCCC)CN(c2ccc(F)c(F)c2)c2cc(SC)c(O)cc2S(=O)C1. The average molecular weight is 468 g/mol. The molecule has 0 saturated heterocycles. The summed E-state index contributed by atoms with van der Waals surface area (Å²) in [6, 6.07) is 7.34. The molecule has 0 radical (unpaired) electrons. The maximum absolute atomic E-state index is 14.2. The average Bonchev–Trinajstić information content (AvgIpc) is 2.87. The van der Waals surface area contributed by atoms with E-state index in [1.54, 1.807) is 12.1 Å². The van der Waals surface area contributed by atoms with Gasteiger partial charge in [0.1, 0.15) is 5.75 Å². The first-order chi connectivity index (χ1) is 14.8. The molecule has 0 spiro atoms. The van der Waals surface area contributed by atoms with E-state index in [1.807, 2.05) is 17.2 Å². The Morgan fingerprint density at radius 3 is 2.35 bits per heavy atom. The van der Waals surface area contributed by atoms with Gasteiger partial charge in [-0.05, 0) is 43.4 Å². The molecule has 1 aliphatic rings. The molecule has 170 valence electrons. The van der Waals surface area contributed by atoms with Crippen molar-refractivity contribution in [1.82, 2.24) is 0 Å². The van der Waals surface area contributed by atoms with Crippen LogP contribution in [0, 0.1) is 17.0 Å². The first-order valence-corrected chi connectivity index (χ1v) is 13.4. The van der Waals surface area contributed by atoms with E-state index in [4.69, 9.17) is 0 Å². The number of hydrogen-bond acceptors (Lipinski definition) is 4. The highest BCUT2D eigenvalue weighted by Crippen LogP contribution is 2.46. The van der Waals surface area contributed by atoms with Crippen LogP contribution in [0.3, 0.4) is 0 Å². The first-order valence-electron chi connectivity index (χ1n) is 10.9. The van der Waals surface area contributed by atoms with Gasteiger partial charge in [-0.1, -0.05) is 39.5 Å². The summed E-state index contributed by atoms with van der Waals surface area (Å²) < 4.78 is 41.4. The first kappa shape index (κ1) is 24.1. The summed E-state index contributed by atoms with van der Waals surface area (Å²) in [4.78, 5) is 3.20. The van der Waals surface area contributed by atoms with Crippen LogP contribution in [0.4, 0.5) is 20.2 Å². The lowest BCUT2D eigenvalue weighted by Gasteiger charge is -2.37. The van der Waals surface area contributed by atoms with Gasteiger partial charge in [0, 0.05) is 29.5 Å². The monoisotopic (exact) mass is 467 g/mol. The van der Waals surface area contributed by atoms with Gasteiger partial charge in [-0.25, -0.2) is 8.78 Å². The molecule has 3 nitrogen and oxygen atoms in total. The predicted molar refractivity (Wildman–Crippen MR) is 126 cm³/mol. The molecule has 7 heteroatoms. The van der Waals surface area contributed by atoms with E-state index in [2.05, 4.69) is 13.8 Å². The third-order valence-electron chi connectivity index (χ3n) is 6.06. The third-order valence-corrected chi connectivity index (χ3v) is 8.52. The number of phenolic OH excluding ortho intramolecular Hbond substituents is 1. The van der Waals surface area contributed by atoms with Crippen molar-refractivity contribution in [3.63, 3.8) is 0 Å². The van der Waals surface area contributed by atoms with Gasteiger partial charge in [0.2, 0.25) is 0 Å². The molecule has 1 aliphatic heterocycles. The van der Waals surface area contributed by atoms with Crippen LogP contribution < -0.4 is 4.90 Å². The number of halogens is 2. The van der Waals surface area contributed by atoms with E-state index in [0.29, 0.717) is 33.5 Å². The largest absolute Gasteiger partial charge is 0.507 e. The van der Waals surface area contributed by atoms with Crippen LogP contribution in [0.2, 0.25) is 0 Å². The summed E-state index contributed by atoms with van der Waals surface area (Å²) in [5.74, 6) is -1.19. The maximum Gasteiger partial charge on any atom is 0.160 e. The minimum atomic E-state index is -1.31. The Kier molecular flexibility index (Phi) is 8.03. The molecule has 0 saturated carbocycles. The van der Waals surface area contributed by atoms with Crippen molar-refractivity contribution in [2.75, 3.05) is 23.5 Å². The number of nitrogens with zero attached hydrogens (tertiary/aromatic N) is 1. The van der Waals surface area contributed by atoms with E-state index in [-0.39, 0.29) is 11.2 Å². The predicted octanol–water partition coefficient (Wildman–Crippen LogP) is 7.02. The molecule has 0 fully saturated rings. The maximum atomic E-state index is 14.2. The molecule has 2 aromatic carbocycles. The Morgan fingerprint density at radius 1 is 1.10 bits per heavy atom. The third kappa shape index (κ3) is 5.25. The number of anilines is 2. The molecule has 0 aromatic heterocycles. The van der Waals surface area contributed by atoms with E-state index in [1.165, 1.54) is 17.8 Å². The van der Waals surface area contributed by atoms with Crippen LogP contribution >= 0.6 is 11.8 Å². The summed E-state index contributed by atoms with van der Waals surface area (Å²) in [5.41, 5.74) is 1.02. The van der Waals surface area contributed by atoms with E-state index in [9.17, 15) is 18.1 Å². The second-order valence-corrected chi connectivity index (χ2v) is 10.6. The lowest BCUT2D eigenvalue weighted by molar-refractivity contribution is 0.272. The van der Waals surface area contributed by atoms with Crippen molar-refractivity contribution in [2.24, 2.45) is 5.41 Å². The summed E-state index contributed by atoms with van der Waals surface area (Å²) in [7, 11) is -1.31. The van der Waals surface area contributed by atoms with E-state index < -0.39 is 22.4 Å². The second kappa shape index (κ2) is 10.3. The number of phenols is 1. The lowest BCUT2D eigenvalue weighted by atomic mass is 9.79. The van der Waals surface area contributed by atoms with E-state index >= 15 is 0 Å². The van der Waals surface area contributed by atoms with Gasteiger partial charge in [0.15, 0.2) is 11.6 Å². The Labute approximate surface area is 190 Å². The summed E-state index contributed by atoms with van der Waals surface area (Å²) in [6.07, 6.45) is 7.82. The molecule has 0 amide bonds. The molecule has 1 N–H and O–H groups in total. The number of hydrogen-bond donors (Lipinski definition) is 1. The Hall–Kier alpha value is -1.60. The summed E-state index contributed by atoms with van der Waals surface area (Å²) >= 11 is 1.40. The Balaban J connectivity index is 2.20. The molecule has 0 aliphatic carbocycles. The van der Waals surface area contributed by atoms with Crippen molar-refractivity contribution in [3.8, 4) is 5.75 Å². The minimum Gasteiger partial charge on any atom is -0.507 e. The van der Waals surface area contributed by atoms with Crippen molar-refractivity contribution >= 4 is 33.9 Å². The zero-order chi connectivity index (χ0) is 22.6. The fraction of sp³-hybridized carbons (Fsp3) is 0.500. The van der Waals surface area contributed by atoms with Crippen molar-refractivity contribution < 1.29 is 18.1 Å². The van der Waals surface area contributed by atoms with Gasteiger partial charge in [-0.3, -0.25) is 4.21 Å². The van der Waals surface area contributed by atoms with Gasteiger partial charge in [-0.15, -0.1) is 11.8 Å². The highest BCUT2D eigenvalue weighted by Gasteiger charge is 2.39. The quantitative estimate of drug-likeness (QED) is 0.424. The van der Waals surface area contributed by atoms with Crippen LogP contribution in [0.25, 0.3) is 0 Å². The van der Waals surface area contributed by atoms with Crippen LogP contribution in [-0.2, 0) is 10.8 Å². The molecule has 3 rings (SSSR count). The second-order valence-electron chi connectivity index (χ2n) is 8.37. The summed E-state index contributed by atoms with van der Waals surface area (Å²) in [5, 5.41) is 10.4. The van der Waals surface area contributed by atoms with Crippen molar-refractivity contribution in [3.05, 3.63) is 42.0 Å². The van der Waals surface area contributed by atoms with Crippen molar-refractivity contribution in [2.45, 2.75) is 62.2 Å². The zero-order valence-corrected chi connectivity index (χ0v) is 20.1. The molecule has 2 aromatic rings. The number of fused-ring (bicyclic) bond motifs is 1. The number of aromatic hydroxyl groups is 1. The summed E-state index contributed by atoms with van der Waals surface area (Å²) in [6.45, 7) is 4.87. The standard InChI is InChI=1S/C24H31F2NO2S2/c1-4-6-10-24(11-7-5-2)15-27(17-8-9-18(25)19(26)12-17)20-13-22(30-3)21(28)14-23(20)31(29)16-24/h8-9,12-14,28H,4-7,10-11,15-16H2,1-3H3. The zero-order valence-electron chi connectivity index (χ0n) is 18.4. The number of rotatable bonds is 8. The lowest BCUT2D eigenvalue weighted by Crippen LogP contribution is -2.37. The van der Waals surface area contributed by atoms with Gasteiger partial charge in [0.25, 0.3) is 0 Å². The van der Waals surface area contributed by atoms with Gasteiger partial charge in [0.05, 0.1) is 26.3 Å². The molecule has 1 unspecified atom stereocenters. The number of benzene rings is 2. The van der Waals surface area contributed by atoms with Crippen LogP contribution in [0.15, 0.2) is 40.1 Å². The highest BCUT2D eigenvalue weighted by molar-refractivity contribution is 7.98. The molecular formula is C24H31F2NO2S2. The minimum absolute atomic E-state index is 0.0967. The fourth-order valence-electron chi connectivity index (χ4n) is 4.33. The van der Waals surface area contributed by atoms with Gasteiger partial charge < -0.3 is 10.0 Å².